The molecule has 122 valence electrons. The number of hydrogen-bond acceptors (Lipinski definition) is 5. The Hall–Kier alpha value is -2.25. The molecule has 2 aromatic rings. The molecule has 0 amide bonds. The Morgan fingerprint density at radius 2 is 1.78 bits per heavy atom. The lowest BCUT2D eigenvalue weighted by Crippen LogP contribution is -2.14. The number of carbonyl (C=O) groups is 1. The van der Waals surface area contributed by atoms with E-state index in [4.69, 9.17) is 21.4 Å². The molecule has 0 saturated heterocycles. The number of aromatic hydroxyl groups is 1. The molecule has 0 heterocycles. The predicted molar refractivity (Wildman–Crippen MR) is 84.1 cm³/mol. The monoisotopic (exact) mass is 356 g/mol. The summed E-state index contributed by atoms with van der Waals surface area (Å²) in [5.41, 5.74) is -0.317. The van der Waals surface area contributed by atoms with Gasteiger partial charge in [-0.2, -0.15) is 0 Å². The Kier molecular flexibility index (Phi) is 5.12. The van der Waals surface area contributed by atoms with Crippen molar-refractivity contribution < 1.29 is 28.2 Å². The van der Waals surface area contributed by atoms with Gasteiger partial charge in [0.15, 0.2) is 9.84 Å². The van der Waals surface area contributed by atoms with Crippen LogP contribution in [-0.2, 0) is 9.84 Å². The lowest BCUT2D eigenvalue weighted by molar-refractivity contribution is 0.0693. The lowest BCUT2D eigenvalue weighted by atomic mass is 10.2. The summed E-state index contributed by atoms with van der Waals surface area (Å²) in [5, 5.41) is 18.7. The zero-order chi connectivity index (χ0) is 17.0. The van der Waals surface area contributed by atoms with Gasteiger partial charge in [0.2, 0.25) is 0 Å². The van der Waals surface area contributed by atoms with Crippen LogP contribution in [0.25, 0.3) is 0 Å². The van der Waals surface area contributed by atoms with E-state index >= 15 is 0 Å². The van der Waals surface area contributed by atoms with Gasteiger partial charge in [-0.25, -0.2) is 13.2 Å². The maximum atomic E-state index is 12.1. The van der Waals surface area contributed by atoms with Crippen molar-refractivity contribution in [3.05, 3.63) is 53.1 Å². The van der Waals surface area contributed by atoms with Crippen LogP contribution in [0.4, 0.5) is 0 Å². The average Bonchev–Trinajstić information content (AvgIpc) is 2.49. The van der Waals surface area contributed by atoms with E-state index < -0.39 is 21.6 Å². The SMILES string of the molecule is O=C(O)c1cc(OCCS(=O)(=O)c2ccc(Cl)cc2)ccc1O. The fraction of sp³-hybridized carbons (Fsp3) is 0.133. The molecule has 0 aliphatic rings. The molecule has 2 N–H and O–H groups in total. The van der Waals surface area contributed by atoms with Crippen LogP contribution in [0.5, 0.6) is 11.5 Å². The fourth-order valence-electron chi connectivity index (χ4n) is 1.81. The van der Waals surface area contributed by atoms with Crippen LogP contribution < -0.4 is 4.74 Å². The van der Waals surface area contributed by atoms with E-state index in [0.717, 1.165) is 6.07 Å². The molecule has 6 nitrogen and oxygen atoms in total. The maximum Gasteiger partial charge on any atom is 0.339 e. The summed E-state index contributed by atoms with van der Waals surface area (Å²) >= 11 is 5.71. The molecule has 2 rings (SSSR count). The highest BCUT2D eigenvalue weighted by molar-refractivity contribution is 7.91. The van der Waals surface area contributed by atoms with Crippen LogP contribution in [0, 0.1) is 0 Å². The molecule has 0 atom stereocenters. The van der Waals surface area contributed by atoms with Gasteiger partial charge in [-0.05, 0) is 42.5 Å². The van der Waals surface area contributed by atoms with Crippen molar-refractivity contribution in [2.75, 3.05) is 12.4 Å². The second kappa shape index (κ2) is 6.89. The Bertz CT molecular complexity index is 814. The normalized spacial score (nSPS) is 11.2. The number of carboxylic acids is 1. The van der Waals surface area contributed by atoms with E-state index in [1.807, 2.05) is 0 Å². The summed E-state index contributed by atoms with van der Waals surface area (Å²) in [6, 6.07) is 9.43. The average molecular weight is 357 g/mol. The number of rotatable bonds is 6. The molecule has 2 aromatic carbocycles. The van der Waals surface area contributed by atoms with Crippen LogP contribution in [0.15, 0.2) is 47.4 Å². The van der Waals surface area contributed by atoms with E-state index in [0.29, 0.717) is 5.02 Å². The van der Waals surface area contributed by atoms with Gasteiger partial charge < -0.3 is 14.9 Å². The lowest BCUT2D eigenvalue weighted by Gasteiger charge is -2.09. The Morgan fingerprint density at radius 3 is 2.39 bits per heavy atom. The number of hydrogen-bond donors (Lipinski definition) is 2. The zero-order valence-electron chi connectivity index (χ0n) is 11.8. The van der Waals surface area contributed by atoms with Crippen LogP contribution in [0.3, 0.4) is 0 Å². The van der Waals surface area contributed by atoms with Crippen molar-refractivity contribution in [2.24, 2.45) is 0 Å². The smallest absolute Gasteiger partial charge is 0.339 e. The number of benzene rings is 2. The molecule has 23 heavy (non-hydrogen) atoms. The van der Waals surface area contributed by atoms with Crippen LogP contribution in [0.1, 0.15) is 10.4 Å². The molecule has 0 spiro atoms. The number of halogens is 1. The number of carboxylic acid groups (broad SMARTS) is 1. The van der Waals surface area contributed by atoms with Crippen molar-refractivity contribution >= 4 is 27.4 Å². The third-order valence-corrected chi connectivity index (χ3v) is 4.94. The van der Waals surface area contributed by atoms with Crippen molar-refractivity contribution in [1.29, 1.82) is 0 Å². The molecule has 8 heteroatoms. The first-order valence-corrected chi connectivity index (χ1v) is 8.50. The van der Waals surface area contributed by atoms with E-state index in [2.05, 4.69) is 0 Å². The molecule has 0 aliphatic heterocycles. The minimum absolute atomic E-state index is 0.127. The fourth-order valence-corrected chi connectivity index (χ4v) is 3.02. The summed E-state index contributed by atoms with van der Waals surface area (Å²) < 4.78 is 29.5. The van der Waals surface area contributed by atoms with Gasteiger partial charge in [0.05, 0.1) is 10.6 Å². The molecular weight excluding hydrogens is 344 g/mol. The molecule has 0 unspecified atom stereocenters. The summed E-state index contributed by atoms with van der Waals surface area (Å²) in [6.07, 6.45) is 0. The van der Waals surface area contributed by atoms with E-state index in [-0.39, 0.29) is 28.6 Å². The van der Waals surface area contributed by atoms with Crippen LogP contribution in [0.2, 0.25) is 5.02 Å². The number of sulfone groups is 1. The molecule has 0 radical (unpaired) electrons. The van der Waals surface area contributed by atoms with E-state index in [1.54, 1.807) is 0 Å². The summed E-state index contributed by atoms with van der Waals surface area (Å²) in [7, 11) is -3.53. The molecule has 0 aliphatic carbocycles. The second-order valence-electron chi connectivity index (χ2n) is 4.61. The summed E-state index contributed by atoms with van der Waals surface area (Å²) in [4.78, 5) is 11.0. The maximum absolute atomic E-state index is 12.1. The largest absolute Gasteiger partial charge is 0.507 e. The van der Waals surface area contributed by atoms with Gasteiger partial charge in [-0.1, -0.05) is 11.6 Å². The Morgan fingerprint density at radius 1 is 1.13 bits per heavy atom. The topological polar surface area (TPSA) is 101 Å². The van der Waals surface area contributed by atoms with Gasteiger partial charge >= 0.3 is 5.97 Å². The van der Waals surface area contributed by atoms with Gasteiger partial charge in [0.25, 0.3) is 0 Å². The quantitative estimate of drug-likeness (QED) is 0.825. The number of phenols is 1. The third kappa shape index (κ3) is 4.37. The molecular formula is C15H13ClO6S. The predicted octanol–water partition coefficient (Wildman–Crippen LogP) is 2.60. The third-order valence-electron chi connectivity index (χ3n) is 2.99. The summed E-state index contributed by atoms with van der Waals surface area (Å²) in [6.45, 7) is -0.158. The van der Waals surface area contributed by atoms with Gasteiger partial charge in [0, 0.05) is 5.02 Å². The van der Waals surface area contributed by atoms with Crippen molar-refractivity contribution in [2.45, 2.75) is 4.90 Å². The van der Waals surface area contributed by atoms with Crippen molar-refractivity contribution in [1.82, 2.24) is 0 Å². The highest BCUT2D eigenvalue weighted by Crippen LogP contribution is 2.23. The van der Waals surface area contributed by atoms with Gasteiger partial charge in [-0.3, -0.25) is 0 Å². The van der Waals surface area contributed by atoms with E-state index in [9.17, 15) is 18.3 Å². The summed E-state index contributed by atoms with van der Waals surface area (Å²) in [5.74, 6) is -1.82. The van der Waals surface area contributed by atoms with Gasteiger partial charge in [-0.15, -0.1) is 0 Å². The van der Waals surface area contributed by atoms with Gasteiger partial charge in [0.1, 0.15) is 23.7 Å². The Balaban J connectivity index is 2.03. The standard InChI is InChI=1S/C15H13ClO6S/c16-10-1-4-12(5-2-10)23(20,21)8-7-22-11-3-6-14(17)13(9-11)15(18)19/h1-6,9,17H,7-8H2,(H,18,19). The first-order valence-electron chi connectivity index (χ1n) is 6.47. The number of ether oxygens (including phenoxy) is 1. The van der Waals surface area contributed by atoms with E-state index in [1.165, 1.54) is 36.4 Å². The highest BCUT2D eigenvalue weighted by Gasteiger charge is 2.15. The minimum Gasteiger partial charge on any atom is -0.507 e. The Labute approximate surface area is 137 Å². The highest BCUT2D eigenvalue weighted by atomic mass is 35.5. The molecule has 0 saturated carbocycles. The first kappa shape index (κ1) is 17.1. The van der Waals surface area contributed by atoms with Crippen LogP contribution >= 0.6 is 11.6 Å². The molecule has 0 fully saturated rings. The van der Waals surface area contributed by atoms with Crippen LogP contribution in [-0.4, -0.2) is 37.0 Å². The molecule has 0 aromatic heterocycles. The first-order chi connectivity index (χ1) is 10.8. The second-order valence-corrected chi connectivity index (χ2v) is 7.15. The zero-order valence-corrected chi connectivity index (χ0v) is 13.3. The van der Waals surface area contributed by atoms with Crippen molar-refractivity contribution in [3.8, 4) is 11.5 Å². The van der Waals surface area contributed by atoms with Crippen molar-refractivity contribution in [3.63, 3.8) is 0 Å². The molecule has 0 bridgehead atoms. The number of aromatic carboxylic acids is 1. The minimum atomic E-state index is -3.53.